The molecule has 0 amide bonds. The lowest BCUT2D eigenvalue weighted by molar-refractivity contribution is 0.395. The number of hydrogen-bond donors (Lipinski definition) is 3. The van der Waals surface area contributed by atoms with E-state index in [2.05, 4.69) is 16.9 Å². The van der Waals surface area contributed by atoms with E-state index in [0.29, 0.717) is 17.1 Å². The summed E-state index contributed by atoms with van der Waals surface area (Å²) < 4.78 is 34.5. The number of allylic oxidation sites excluding steroid dienone is 2. The number of nitrogens with zero attached hydrogens (tertiary/aromatic N) is 1. The minimum Gasteiger partial charge on any atom is -0.497 e. The maximum atomic E-state index is 12.7. The molecule has 2 aliphatic carbocycles. The van der Waals surface area contributed by atoms with Crippen LogP contribution in [0.15, 0.2) is 65.6 Å². The number of hydrogen-bond acceptors (Lipinski definition) is 5. The van der Waals surface area contributed by atoms with Crippen LogP contribution in [0.4, 0.5) is 5.69 Å². The summed E-state index contributed by atoms with van der Waals surface area (Å²) in [5.74, 6) is 0.780. The fraction of sp³-hybridized carbons (Fsp3) is 0.182. The van der Waals surface area contributed by atoms with Crippen molar-refractivity contribution in [3.05, 3.63) is 71.8 Å². The van der Waals surface area contributed by atoms with E-state index in [-0.39, 0.29) is 28.5 Å². The Morgan fingerprint density at radius 2 is 1.63 bits per heavy atom. The molecule has 0 aliphatic heterocycles. The van der Waals surface area contributed by atoms with Crippen molar-refractivity contribution in [2.24, 2.45) is 0 Å². The number of nitrogens with one attached hydrogen (secondary N) is 1. The molecule has 0 saturated carbocycles. The largest absolute Gasteiger partial charge is 0.497 e. The summed E-state index contributed by atoms with van der Waals surface area (Å²) in [7, 11) is -2.30. The van der Waals surface area contributed by atoms with Gasteiger partial charge in [0.05, 0.1) is 23.4 Å². The van der Waals surface area contributed by atoms with Gasteiger partial charge in [-0.15, -0.1) is 0 Å². The minimum atomic E-state index is -3.81. The Bertz CT molecular complexity index is 1240. The SMILES string of the molecule is COc1cccc(NS(=O)(=O)c2ccc(-n3c(O)c4c(c3O)[C@H]3C=CC4C3)cc2)c1. The third-order valence-corrected chi connectivity index (χ3v) is 7.15. The number of fused-ring (bicyclic) bond motifs is 5. The molecule has 2 aromatic carbocycles. The Labute approximate surface area is 173 Å². The van der Waals surface area contributed by atoms with Gasteiger partial charge in [-0.3, -0.25) is 9.29 Å². The number of aromatic nitrogens is 1. The molecule has 2 aliphatic rings. The van der Waals surface area contributed by atoms with E-state index < -0.39 is 10.0 Å². The first-order valence-corrected chi connectivity index (χ1v) is 11.0. The third kappa shape index (κ3) is 2.75. The topological polar surface area (TPSA) is 101 Å². The highest BCUT2D eigenvalue weighted by Gasteiger charge is 2.41. The molecule has 5 rings (SSSR count). The second-order valence-corrected chi connectivity index (χ2v) is 9.16. The zero-order valence-electron chi connectivity index (χ0n) is 16.1. The molecule has 1 unspecified atom stereocenters. The number of methoxy groups -OCH3 is 1. The van der Waals surface area contributed by atoms with Crippen LogP contribution in [0.2, 0.25) is 0 Å². The summed E-state index contributed by atoms with van der Waals surface area (Å²) in [5.41, 5.74) is 2.39. The smallest absolute Gasteiger partial charge is 0.261 e. The lowest BCUT2D eigenvalue weighted by Gasteiger charge is -2.12. The Balaban J connectivity index is 1.45. The van der Waals surface area contributed by atoms with Crippen LogP contribution in [0.3, 0.4) is 0 Å². The standard InChI is InChI=1S/C22H20N2O5S/c1-29-17-4-2-3-15(12-17)23-30(27,28)18-9-7-16(8-10-18)24-21(25)19-13-5-6-14(11-13)20(19)22(24)26/h2-10,12-14,23,25-26H,11H2,1H3/t13-,14?/m0/s1. The van der Waals surface area contributed by atoms with Crippen molar-refractivity contribution in [3.63, 3.8) is 0 Å². The van der Waals surface area contributed by atoms with Gasteiger partial charge in [0.15, 0.2) is 0 Å². The molecule has 1 aromatic heterocycles. The average Bonchev–Trinajstić information content (AvgIpc) is 3.42. The molecule has 7 nitrogen and oxygen atoms in total. The monoisotopic (exact) mass is 424 g/mol. The van der Waals surface area contributed by atoms with Crippen molar-refractivity contribution >= 4 is 15.7 Å². The molecule has 2 atom stereocenters. The second kappa shape index (κ2) is 6.56. The van der Waals surface area contributed by atoms with E-state index in [1.165, 1.54) is 23.8 Å². The van der Waals surface area contributed by atoms with Gasteiger partial charge in [-0.1, -0.05) is 18.2 Å². The van der Waals surface area contributed by atoms with Crippen LogP contribution >= 0.6 is 0 Å². The molecule has 1 heterocycles. The zero-order valence-corrected chi connectivity index (χ0v) is 16.9. The Morgan fingerprint density at radius 1 is 1.00 bits per heavy atom. The van der Waals surface area contributed by atoms with Gasteiger partial charge >= 0.3 is 0 Å². The Hall–Kier alpha value is -3.39. The molecule has 0 fully saturated rings. The highest BCUT2D eigenvalue weighted by atomic mass is 32.2. The number of benzene rings is 2. The first-order valence-electron chi connectivity index (χ1n) is 9.51. The number of ether oxygens (including phenoxy) is 1. The maximum absolute atomic E-state index is 12.7. The molecule has 30 heavy (non-hydrogen) atoms. The first kappa shape index (κ1) is 18.6. The molecule has 0 spiro atoms. The molecule has 3 aromatic rings. The van der Waals surface area contributed by atoms with Crippen molar-refractivity contribution in [1.82, 2.24) is 4.57 Å². The molecule has 8 heteroatoms. The van der Waals surface area contributed by atoms with Gasteiger partial charge in [0, 0.05) is 29.0 Å². The normalized spacial score (nSPS) is 19.1. The van der Waals surface area contributed by atoms with Gasteiger partial charge in [-0.05, 0) is 42.8 Å². The van der Waals surface area contributed by atoms with Crippen LogP contribution in [0.25, 0.3) is 5.69 Å². The highest BCUT2D eigenvalue weighted by molar-refractivity contribution is 7.92. The van der Waals surface area contributed by atoms with Crippen LogP contribution in [0.1, 0.15) is 29.4 Å². The van der Waals surface area contributed by atoms with Crippen molar-refractivity contribution in [2.75, 3.05) is 11.8 Å². The van der Waals surface area contributed by atoms with Gasteiger partial charge < -0.3 is 14.9 Å². The Morgan fingerprint density at radius 3 is 2.23 bits per heavy atom. The highest BCUT2D eigenvalue weighted by Crippen LogP contribution is 2.57. The lowest BCUT2D eigenvalue weighted by atomic mass is 10.0. The summed E-state index contributed by atoms with van der Waals surface area (Å²) in [6.45, 7) is 0. The van der Waals surface area contributed by atoms with Crippen LogP contribution in [0.5, 0.6) is 17.5 Å². The molecule has 3 N–H and O–H groups in total. The van der Waals surface area contributed by atoms with Gasteiger partial charge in [0.25, 0.3) is 10.0 Å². The number of aromatic hydroxyl groups is 2. The summed E-state index contributed by atoms with van der Waals surface area (Å²) in [4.78, 5) is 0.0643. The average molecular weight is 424 g/mol. The fourth-order valence-corrected chi connectivity index (χ4v) is 5.41. The van der Waals surface area contributed by atoms with Gasteiger partial charge in [-0.2, -0.15) is 0 Å². The van der Waals surface area contributed by atoms with E-state index >= 15 is 0 Å². The number of rotatable bonds is 5. The van der Waals surface area contributed by atoms with Crippen molar-refractivity contribution in [1.29, 1.82) is 0 Å². The van der Waals surface area contributed by atoms with E-state index in [0.717, 1.165) is 17.5 Å². The van der Waals surface area contributed by atoms with Crippen LogP contribution < -0.4 is 9.46 Å². The molecular weight excluding hydrogens is 404 g/mol. The Kier molecular flexibility index (Phi) is 4.08. The van der Waals surface area contributed by atoms with Crippen LogP contribution in [0, 0.1) is 0 Å². The van der Waals surface area contributed by atoms with E-state index in [4.69, 9.17) is 4.74 Å². The van der Waals surface area contributed by atoms with Gasteiger partial charge in [0.1, 0.15) is 5.75 Å². The first-order chi connectivity index (χ1) is 14.4. The molecule has 154 valence electrons. The molecule has 0 radical (unpaired) electrons. The minimum absolute atomic E-state index is 0.00413. The summed E-state index contributed by atoms with van der Waals surface area (Å²) >= 11 is 0. The lowest BCUT2D eigenvalue weighted by Crippen LogP contribution is -2.13. The van der Waals surface area contributed by atoms with Crippen LogP contribution in [-0.2, 0) is 10.0 Å². The quantitative estimate of drug-likeness (QED) is 0.541. The molecular formula is C22H20N2O5S. The van der Waals surface area contributed by atoms with Crippen molar-refractivity contribution < 1.29 is 23.4 Å². The second-order valence-electron chi connectivity index (χ2n) is 7.47. The number of sulfonamides is 1. The van der Waals surface area contributed by atoms with Crippen molar-refractivity contribution in [3.8, 4) is 23.2 Å². The molecule has 0 saturated heterocycles. The molecule has 2 bridgehead atoms. The fourth-order valence-electron chi connectivity index (χ4n) is 4.36. The van der Waals surface area contributed by atoms with Crippen molar-refractivity contribution in [2.45, 2.75) is 23.2 Å². The zero-order chi connectivity index (χ0) is 21.0. The van der Waals surface area contributed by atoms with Crippen LogP contribution in [-0.4, -0.2) is 30.3 Å². The van der Waals surface area contributed by atoms with E-state index in [1.54, 1.807) is 36.4 Å². The van der Waals surface area contributed by atoms with E-state index in [1.807, 2.05) is 0 Å². The summed E-state index contributed by atoms with van der Waals surface area (Å²) in [5, 5.41) is 21.4. The summed E-state index contributed by atoms with van der Waals surface area (Å²) in [6, 6.07) is 12.6. The van der Waals surface area contributed by atoms with Gasteiger partial charge in [-0.25, -0.2) is 8.42 Å². The van der Waals surface area contributed by atoms with Gasteiger partial charge in [0.2, 0.25) is 11.8 Å². The predicted molar refractivity (Wildman–Crippen MR) is 112 cm³/mol. The summed E-state index contributed by atoms with van der Waals surface area (Å²) in [6.07, 6.45) is 4.98. The van der Waals surface area contributed by atoms with E-state index in [9.17, 15) is 18.6 Å². The maximum Gasteiger partial charge on any atom is 0.261 e. The predicted octanol–water partition coefficient (Wildman–Crippen LogP) is 3.84. The third-order valence-electron chi connectivity index (χ3n) is 5.75. The number of anilines is 1.